The van der Waals surface area contributed by atoms with Gasteiger partial charge >= 0.3 is 0 Å². The van der Waals surface area contributed by atoms with E-state index in [9.17, 15) is 15.3 Å². The maximum Gasteiger partial charge on any atom is 0.148 e. The number of hydrogen-bond acceptors (Lipinski definition) is 7. The molecule has 0 spiro atoms. The molecular formula is C23H23N5OS. The number of benzene rings is 1. The SMILES string of the molecule is CC1CN(c2nc(SC(C=O)c3ccccc3)c(C#N)c(C3CC3)c2C#N)CCN1. The molecule has 0 amide bonds. The molecule has 1 saturated carbocycles. The number of aromatic nitrogens is 1. The Morgan fingerprint density at radius 2 is 1.97 bits per heavy atom. The van der Waals surface area contributed by atoms with Crippen LogP contribution in [0.2, 0.25) is 0 Å². The third-order valence-corrected chi connectivity index (χ3v) is 6.71. The standard InChI is InChI=1S/C23H23N5OS/c1-15-13-28(10-9-26-15)22-18(11-24)21(17-7-8-17)19(12-25)23(27-22)30-20(14-29)16-5-3-2-4-6-16/h2-6,14-15,17,20,26H,7-10,13H2,1H3. The van der Waals surface area contributed by atoms with E-state index < -0.39 is 5.25 Å². The van der Waals surface area contributed by atoms with Crippen molar-refractivity contribution < 1.29 is 4.79 Å². The third kappa shape index (κ3) is 4.05. The number of carbonyl (C=O) groups is 1. The lowest BCUT2D eigenvalue weighted by Gasteiger charge is -2.34. The van der Waals surface area contributed by atoms with Gasteiger partial charge in [-0.15, -0.1) is 0 Å². The van der Waals surface area contributed by atoms with Gasteiger partial charge in [0.1, 0.15) is 29.3 Å². The molecule has 1 N–H and O–H groups in total. The second-order valence-electron chi connectivity index (χ2n) is 7.79. The summed E-state index contributed by atoms with van der Waals surface area (Å²) in [4.78, 5) is 18.8. The second kappa shape index (κ2) is 8.87. The molecule has 1 aromatic heterocycles. The molecule has 2 heterocycles. The summed E-state index contributed by atoms with van der Waals surface area (Å²) in [7, 11) is 0. The van der Waals surface area contributed by atoms with Crippen molar-refractivity contribution in [3.63, 3.8) is 0 Å². The van der Waals surface area contributed by atoms with Crippen molar-refractivity contribution >= 4 is 23.9 Å². The highest BCUT2D eigenvalue weighted by molar-refractivity contribution is 8.00. The van der Waals surface area contributed by atoms with Gasteiger partial charge < -0.3 is 15.0 Å². The van der Waals surface area contributed by atoms with Gasteiger partial charge in [0.25, 0.3) is 0 Å². The van der Waals surface area contributed by atoms with E-state index in [1.807, 2.05) is 30.3 Å². The second-order valence-corrected chi connectivity index (χ2v) is 8.92. The van der Waals surface area contributed by atoms with Crippen LogP contribution in [0, 0.1) is 22.7 Å². The molecular weight excluding hydrogens is 394 g/mol. The molecule has 1 aromatic carbocycles. The van der Waals surface area contributed by atoms with E-state index >= 15 is 0 Å². The summed E-state index contributed by atoms with van der Waals surface area (Å²) in [6.45, 7) is 4.42. The Labute approximate surface area is 180 Å². The fraction of sp³-hybridized carbons (Fsp3) is 0.391. The van der Waals surface area contributed by atoms with Gasteiger partial charge in [-0.3, -0.25) is 0 Å². The molecule has 4 rings (SSSR count). The largest absolute Gasteiger partial charge is 0.353 e. The normalized spacial score (nSPS) is 19.6. The van der Waals surface area contributed by atoms with E-state index in [1.165, 1.54) is 11.8 Å². The molecule has 2 aliphatic rings. The molecule has 2 unspecified atom stereocenters. The number of aldehydes is 1. The molecule has 0 bridgehead atoms. The number of anilines is 1. The summed E-state index contributed by atoms with van der Waals surface area (Å²) in [5, 5.41) is 23.5. The van der Waals surface area contributed by atoms with Crippen molar-refractivity contribution in [2.75, 3.05) is 24.5 Å². The molecule has 2 aromatic rings. The summed E-state index contributed by atoms with van der Waals surface area (Å²) >= 11 is 1.30. The summed E-state index contributed by atoms with van der Waals surface area (Å²) in [5.41, 5.74) is 2.66. The van der Waals surface area contributed by atoms with Gasteiger partial charge in [0.2, 0.25) is 0 Å². The number of nitrogens with zero attached hydrogens (tertiary/aromatic N) is 4. The Morgan fingerprint density at radius 1 is 1.23 bits per heavy atom. The third-order valence-electron chi connectivity index (χ3n) is 5.55. The molecule has 0 radical (unpaired) electrons. The zero-order chi connectivity index (χ0) is 21.1. The maximum atomic E-state index is 11.9. The first kappa shape index (κ1) is 20.4. The number of rotatable bonds is 6. The van der Waals surface area contributed by atoms with E-state index in [2.05, 4.69) is 29.3 Å². The summed E-state index contributed by atoms with van der Waals surface area (Å²) in [5.74, 6) is 0.870. The number of nitriles is 2. The zero-order valence-electron chi connectivity index (χ0n) is 16.8. The number of carbonyl (C=O) groups excluding carboxylic acids is 1. The van der Waals surface area contributed by atoms with Gasteiger partial charge in [0, 0.05) is 25.7 Å². The van der Waals surface area contributed by atoms with Crippen molar-refractivity contribution in [2.24, 2.45) is 0 Å². The molecule has 6 nitrogen and oxygen atoms in total. The van der Waals surface area contributed by atoms with E-state index in [-0.39, 0.29) is 12.0 Å². The molecule has 7 heteroatoms. The zero-order valence-corrected chi connectivity index (χ0v) is 17.7. The average Bonchev–Trinajstić information content (AvgIpc) is 3.62. The number of thioether (sulfide) groups is 1. The summed E-state index contributed by atoms with van der Waals surface area (Å²) < 4.78 is 0. The van der Waals surface area contributed by atoms with E-state index in [4.69, 9.17) is 4.98 Å². The lowest BCUT2D eigenvalue weighted by atomic mass is 9.99. The summed E-state index contributed by atoms with van der Waals surface area (Å²) in [6, 6.07) is 14.4. The first-order valence-electron chi connectivity index (χ1n) is 10.2. The highest BCUT2D eigenvalue weighted by Crippen LogP contribution is 2.48. The first-order valence-corrected chi connectivity index (χ1v) is 11.1. The van der Waals surface area contributed by atoms with Gasteiger partial charge in [-0.1, -0.05) is 42.1 Å². The van der Waals surface area contributed by atoms with Crippen LogP contribution >= 0.6 is 11.8 Å². The van der Waals surface area contributed by atoms with Gasteiger partial charge in [-0.2, -0.15) is 10.5 Å². The highest BCUT2D eigenvalue weighted by Gasteiger charge is 2.35. The molecule has 2 atom stereocenters. The molecule has 152 valence electrons. The Bertz CT molecular complexity index is 1020. The number of piperazine rings is 1. The maximum absolute atomic E-state index is 11.9. The monoisotopic (exact) mass is 417 g/mol. The van der Waals surface area contributed by atoms with Crippen molar-refractivity contribution in [2.45, 2.75) is 42.0 Å². The molecule has 1 aliphatic heterocycles. The quantitative estimate of drug-likeness (QED) is 0.568. The Kier molecular flexibility index (Phi) is 6.03. The molecule has 30 heavy (non-hydrogen) atoms. The van der Waals surface area contributed by atoms with E-state index in [1.54, 1.807) is 0 Å². The predicted octanol–water partition coefficient (Wildman–Crippen LogP) is 3.53. The summed E-state index contributed by atoms with van der Waals surface area (Å²) in [6.07, 6.45) is 2.85. The minimum Gasteiger partial charge on any atom is -0.353 e. The van der Waals surface area contributed by atoms with Gasteiger partial charge in [0.05, 0.1) is 16.4 Å². The van der Waals surface area contributed by atoms with Crippen LogP contribution in [0.15, 0.2) is 35.4 Å². The number of hydrogen-bond donors (Lipinski definition) is 1. The topological polar surface area (TPSA) is 92.8 Å². The van der Waals surface area contributed by atoms with Crippen LogP contribution in [0.5, 0.6) is 0 Å². The molecule has 1 aliphatic carbocycles. The van der Waals surface area contributed by atoms with Crippen LogP contribution in [0.4, 0.5) is 5.82 Å². The minimum absolute atomic E-state index is 0.224. The fourth-order valence-electron chi connectivity index (χ4n) is 3.94. The Hall–Kier alpha value is -2.87. The van der Waals surface area contributed by atoms with Crippen molar-refractivity contribution in [3.05, 3.63) is 52.6 Å². The highest BCUT2D eigenvalue weighted by atomic mass is 32.2. The lowest BCUT2D eigenvalue weighted by Crippen LogP contribution is -2.49. The van der Waals surface area contributed by atoms with Gasteiger partial charge in [-0.25, -0.2) is 4.98 Å². The Morgan fingerprint density at radius 3 is 2.57 bits per heavy atom. The van der Waals surface area contributed by atoms with Crippen LogP contribution in [0.1, 0.15) is 53.2 Å². The van der Waals surface area contributed by atoms with E-state index in [0.29, 0.717) is 22.0 Å². The smallest absolute Gasteiger partial charge is 0.148 e. The number of pyridine rings is 1. The predicted molar refractivity (Wildman–Crippen MR) is 116 cm³/mol. The first-order chi connectivity index (χ1) is 14.7. The van der Waals surface area contributed by atoms with Gasteiger partial charge in [0.15, 0.2) is 0 Å². The molecule has 1 saturated heterocycles. The van der Waals surface area contributed by atoms with Crippen LogP contribution in [-0.2, 0) is 4.79 Å². The van der Waals surface area contributed by atoms with Crippen molar-refractivity contribution in [3.8, 4) is 12.1 Å². The Balaban J connectivity index is 1.82. The lowest BCUT2D eigenvalue weighted by molar-refractivity contribution is -0.107. The van der Waals surface area contributed by atoms with E-state index in [0.717, 1.165) is 49.9 Å². The minimum atomic E-state index is -0.458. The number of nitrogens with one attached hydrogen (secondary N) is 1. The van der Waals surface area contributed by atoms with Crippen LogP contribution in [-0.4, -0.2) is 36.9 Å². The van der Waals surface area contributed by atoms with Gasteiger partial charge in [-0.05, 0) is 36.8 Å². The van der Waals surface area contributed by atoms with Crippen molar-refractivity contribution in [1.82, 2.24) is 10.3 Å². The van der Waals surface area contributed by atoms with Crippen LogP contribution in [0.3, 0.4) is 0 Å². The molecule has 2 fully saturated rings. The fourth-order valence-corrected chi connectivity index (χ4v) is 4.95. The van der Waals surface area contributed by atoms with Crippen LogP contribution < -0.4 is 10.2 Å². The van der Waals surface area contributed by atoms with Crippen molar-refractivity contribution in [1.29, 1.82) is 10.5 Å². The van der Waals surface area contributed by atoms with Crippen LogP contribution in [0.25, 0.3) is 0 Å². The average molecular weight is 418 g/mol.